The Labute approximate surface area is 50.7 Å². The fraction of sp³-hybridized carbons (Fsp3) is 1.00. The van der Waals surface area contributed by atoms with Crippen LogP contribution in [0, 0.1) is 5.92 Å². The van der Waals surface area contributed by atoms with Crippen LogP contribution in [0.2, 0.25) is 0 Å². The molecule has 0 heterocycles. The largest absolute Gasteiger partial charge is 0.443 e. The van der Waals surface area contributed by atoms with Crippen molar-refractivity contribution in [2.75, 3.05) is 0 Å². The quantitative estimate of drug-likeness (QED) is 0.425. The van der Waals surface area contributed by atoms with Crippen molar-refractivity contribution in [3.63, 3.8) is 0 Å². The summed E-state index contributed by atoms with van der Waals surface area (Å²) >= 11 is 0. The number of hydrogen-bond acceptors (Lipinski definition) is 0. The summed E-state index contributed by atoms with van der Waals surface area (Å²) in [5.41, 5.74) is 0. The highest BCUT2D eigenvalue weighted by molar-refractivity contribution is 4.69. The second-order valence-corrected chi connectivity index (χ2v) is 2.87. The first-order chi connectivity index (χ1) is 3.80. The molecule has 0 amide bonds. The van der Waals surface area contributed by atoms with E-state index in [0.717, 1.165) is 6.42 Å². The van der Waals surface area contributed by atoms with Crippen LogP contribution in [-0.2, 0) is 0 Å². The van der Waals surface area contributed by atoms with E-state index in [1.54, 1.807) is 0 Å². The highest BCUT2D eigenvalue weighted by atomic mass is 16.3. The molecule has 1 aliphatic carbocycles. The third kappa shape index (κ3) is 1.22. The molecule has 0 aromatic carbocycles. The molecule has 0 aliphatic heterocycles. The van der Waals surface area contributed by atoms with Crippen LogP contribution in [0.25, 0.3) is 0 Å². The Kier molecular flexibility index (Phi) is 1.90. The summed E-state index contributed by atoms with van der Waals surface area (Å²) in [7, 11) is 0. The average Bonchev–Trinajstić information content (AvgIpc) is 1.77. The standard InChI is InChI=1S/C7H14O/c1-6-4-2-3-5-7(6)8/h6-8H,2-5H2,1H3/p+1/t6-,7+/m1/s1. The molecule has 1 saturated carbocycles. The van der Waals surface area contributed by atoms with Crippen molar-refractivity contribution in [3.05, 3.63) is 0 Å². The fourth-order valence-corrected chi connectivity index (χ4v) is 1.32. The Bertz CT molecular complexity index is 60.8. The fourth-order valence-electron chi connectivity index (χ4n) is 1.32. The van der Waals surface area contributed by atoms with Gasteiger partial charge >= 0.3 is 0 Å². The van der Waals surface area contributed by atoms with Crippen LogP contribution in [-0.4, -0.2) is 11.2 Å². The first-order valence-electron chi connectivity index (χ1n) is 3.52. The van der Waals surface area contributed by atoms with Crippen molar-refractivity contribution in [2.45, 2.75) is 38.7 Å². The van der Waals surface area contributed by atoms with E-state index in [2.05, 4.69) is 6.92 Å². The molecule has 0 spiro atoms. The van der Waals surface area contributed by atoms with Crippen molar-refractivity contribution in [3.8, 4) is 0 Å². The van der Waals surface area contributed by atoms with Gasteiger partial charge in [0.2, 0.25) is 0 Å². The van der Waals surface area contributed by atoms with Gasteiger partial charge in [0.25, 0.3) is 0 Å². The maximum Gasteiger partial charge on any atom is 0.156 e. The molecule has 0 radical (unpaired) electrons. The maximum atomic E-state index is 7.48. The zero-order valence-electron chi connectivity index (χ0n) is 5.48. The Morgan fingerprint density at radius 1 is 1.25 bits per heavy atom. The zero-order chi connectivity index (χ0) is 5.98. The van der Waals surface area contributed by atoms with Crippen molar-refractivity contribution in [1.29, 1.82) is 0 Å². The molecule has 1 aliphatic rings. The average molecular weight is 115 g/mol. The van der Waals surface area contributed by atoms with Crippen LogP contribution in [0.5, 0.6) is 0 Å². The van der Waals surface area contributed by atoms with E-state index in [1.165, 1.54) is 19.3 Å². The van der Waals surface area contributed by atoms with Gasteiger partial charge in [-0.3, -0.25) is 0 Å². The molecule has 1 nitrogen and oxygen atoms in total. The van der Waals surface area contributed by atoms with Gasteiger partial charge in [-0.25, -0.2) is 0 Å². The number of rotatable bonds is 0. The molecular weight excluding hydrogens is 100 g/mol. The van der Waals surface area contributed by atoms with Crippen LogP contribution in [0.15, 0.2) is 0 Å². The first kappa shape index (κ1) is 6.09. The summed E-state index contributed by atoms with van der Waals surface area (Å²) in [6.07, 6.45) is 5.33. The highest BCUT2D eigenvalue weighted by Gasteiger charge is 2.21. The third-order valence-corrected chi connectivity index (χ3v) is 2.11. The van der Waals surface area contributed by atoms with E-state index < -0.39 is 0 Å². The van der Waals surface area contributed by atoms with Crippen LogP contribution in [0.4, 0.5) is 0 Å². The summed E-state index contributed by atoms with van der Waals surface area (Å²) < 4.78 is 0. The Balaban J connectivity index is 2.28. The number of hydrogen-bond donors (Lipinski definition) is 0. The summed E-state index contributed by atoms with van der Waals surface area (Å²) in [4.78, 5) is 0. The molecule has 1 fully saturated rings. The lowest BCUT2D eigenvalue weighted by Crippen LogP contribution is -2.21. The Morgan fingerprint density at radius 2 is 1.88 bits per heavy atom. The lowest BCUT2D eigenvalue weighted by atomic mass is 9.88. The molecule has 0 aromatic heterocycles. The minimum Gasteiger partial charge on any atom is -0.443 e. The summed E-state index contributed by atoms with van der Waals surface area (Å²) in [6.45, 7) is 2.19. The summed E-state index contributed by atoms with van der Waals surface area (Å²) in [5, 5.41) is 7.48. The molecule has 1 rings (SSSR count). The molecule has 0 aromatic rings. The molecule has 1 heteroatoms. The van der Waals surface area contributed by atoms with E-state index in [-0.39, 0.29) is 6.10 Å². The van der Waals surface area contributed by atoms with Gasteiger partial charge in [0, 0.05) is 12.3 Å². The minimum absolute atomic E-state index is 0.253. The molecule has 48 valence electrons. The summed E-state index contributed by atoms with van der Waals surface area (Å²) in [5.74, 6) is 0.670. The minimum atomic E-state index is 0.253. The van der Waals surface area contributed by atoms with E-state index in [1.807, 2.05) is 0 Å². The predicted molar refractivity (Wildman–Crippen MR) is 35.0 cm³/mol. The second kappa shape index (κ2) is 2.49. The van der Waals surface area contributed by atoms with Crippen LogP contribution < -0.4 is 0 Å². The zero-order valence-corrected chi connectivity index (χ0v) is 5.48. The van der Waals surface area contributed by atoms with Gasteiger partial charge in [0.1, 0.15) is 0 Å². The van der Waals surface area contributed by atoms with Gasteiger partial charge in [-0.05, 0) is 12.8 Å². The smallest absolute Gasteiger partial charge is 0.156 e. The van der Waals surface area contributed by atoms with Crippen molar-refractivity contribution in [2.24, 2.45) is 5.92 Å². The summed E-state index contributed by atoms with van der Waals surface area (Å²) in [6, 6.07) is 0. The Morgan fingerprint density at radius 3 is 2.25 bits per heavy atom. The molecule has 2 N–H and O–H groups in total. The van der Waals surface area contributed by atoms with Gasteiger partial charge in [-0.1, -0.05) is 13.3 Å². The predicted octanol–water partition coefficient (Wildman–Crippen LogP) is 1.29. The van der Waals surface area contributed by atoms with Crippen molar-refractivity contribution >= 4 is 0 Å². The lowest BCUT2D eigenvalue weighted by molar-refractivity contribution is 0.0793. The molecular formula is C7H15O+. The lowest BCUT2D eigenvalue weighted by Gasteiger charge is -2.19. The van der Waals surface area contributed by atoms with Gasteiger partial charge in [0.15, 0.2) is 6.10 Å². The normalized spacial score (nSPS) is 39.8. The molecule has 0 saturated heterocycles. The van der Waals surface area contributed by atoms with E-state index in [0.29, 0.717) is 5.92 Å². The topological polar surface area (TPSA) is 22.9 Å². The Hall–Kier alpha value is -0.0400. The molecule has 0 bridgehead atoms. The van der Waals surface area contributed by atoms with Crippen molar-refractivity contribution in [1.82, 2.24) is 0 Å². The maximum absolute atomic E-state index is 7.48. The SMILES string of the molecule is C[C@@H]1CCCC[C@@H]1[OH2+]. The van der Waals surface area contributed by atoms with Gasteiger partial charge in [-0.15, -0.1) is 0 Å². The highest BCUT2D eigenvalue weighted by Crippen LogP contribution is 2.22. The van der Waals surface area contributed by atoms with E-state index in [9.17, 15) is 0 Å². The van der Waals surface area contributed by atoms with E-state index >= 15 is 0 Å². The van der Waals surface area contributed by atoms with Crippen LogP contribution in [0.3, 0.4) is 0 Å². The van der Waals surface area contributed by atoms with Crippen LogP contribution in [0.1, 0.15) is 32.6 Å². The van der Waals surface area contributed by atoms with Crippen molar-refractivity contribution < 1.29 is 5.11 Å². The molecule has 8 heavy (non-hydrogen) atoms. The van der Waals surface area contributed by atoms with E-state index in [4.69, 9.17) is 5.11 Å². The van der Waals surface area contributed by atoms with Gasteiger partial charge in [0.05, 0.1) is 0 Å². The van der Waals surface area contributed by atoms with Gasteiger partial charge in [-0.2, -0.15) is 0 Å². The third-order valence-electron chi connectivity index (χ3n) is 2.11. The second-order valence-electron chi connectivity index (χ2n) is 2.87. The van der Waals surface area contributed by atoms with Gasteiger partial charge < -0.3 is 5.11 Å². The monoisotopic (exact) mass is 115 g/mol. The molecule has 0 unspecified atom stereocenters. The van der Waals surface area contributed by atoms with Crippen LogP contribution >= 0.6 is 0 Å². The first-order valence-corrected chi connectivity index (χ1v) is 3.52. The molecule has 2 atom stereocenters.